The first kappa shape index (κ1) is 13.5. The van der Waals surface area contributed by atoms with Crippen LogP contribution >= 0.6 is 0 Å². The maximum atomic E-state index is 11.6. The van der Waals surface area contributed by atoms with Gasteiger partial charge in [-0.1, -0.05) is 12.8 Å². The Morgan fingerprint density at radius 3 is 2.50 bits per heavy atom. The highest BCUT2D eigenvalue weighted by atomic mass is 16.5. The summed E-state index contributed by atoms with van der Waals surface area (Å²) in [6.45, 7) is 0.501. The molecule has 0 radical (unpaired) electrons. The van der Waals surface area contributed by atoms with Gasteiger partial charge in [0.2, 0.25) is 0 Å². The van der Waals surface area contributed by atoms with Gasteiger partial charge >= 0.3 is 5.97 Å². The maximum Gasteiger partial charge on any atom is 0.323 e. The number of carbonyl (C=O) groups is 1. The van der Waals surface area contributed by atoms with E-state index in [4.69, 9.17) is 15.2 Å². The standard InChI is InChI=1S/C12H23NO3/c1-15-9-8-11(13)12(14)16-10-6-4-2-3-5-7-10/h10-11H,2-9,13H2,1H3. The molecule has 94 valence electrons. The molecule has 0 saturated heterocycles. The fraction of sp³-hybridized carbons (Fsp3) is 0.917. The molecule has 0 amide bonds. The van der Waals surface area contributed by atoms with Crippen LogP contribution < -0.4 is 5.73 Å². The number of rotatable bonds is 5. The van der Waals surface area contributed by atoms with E-state index in [1.165, 1.54) is 12.8 Å². The number of ether oxygens (including phenoxy) is 2. The van der Waals surface area contributed by atoms with E-state index in [0.29, 0.717) is 13.0 Å². The Balaban J connectivity index is 2.25. The van der Waals surface area contributed by atoms with Crippen molar-refractivity contribution in [1.82, 2.24) is 0 Å². The SMILES string of the molecule is COCCC(N)C(=O)OC1CCCCCC1. The number of methoxy groups -OCH3 is 1. The summed E-state index contributed by atoms with van der Waals surface area (Å²) < 4.78 is 10.3. The Morgan fingerprint density at radius 2 is 1.94 bits per heavy atom. The zero-order valence-electron chi connectivity index (χ0n) is 10.1. The van der Waals surface area contributed by atoms with E-state index in [2.05, 4.69) is 0 Å². The number of carbonyl (C=O) groups excluding carboxylic acids is 1. The van der Waals surface area contributed by atoms with Gasteiger partial charge in [-0.15, -0.1) is 0 Å². The van der Waals surface area contributed by atoms with Crippen LogP contribution in [0.2, 0.25) is 0 Å². The molecule has 1 fully saturated rings. The number of hydrogen-bond donors (Lipinski definition) is 1. The Morgan fingerprint density at radius 1 is 1.31 bits per heavy atom. The third-order valence-corrected chi connectivity index (χ3v) is 3.02. The highest BCUT2D eigenvalue weighted by Crippen LogP contribution is 2.20. The molecule has 1 atom stereocenters. The number of hydrogen-bond acceptors (Lipinski definition) is 4. The van der Waals surface area contributed by atoms with Crippen LogP contribution in [0.25, 0.3) is 0 Å². The summed E-state index contributed by atoms with van der Waals surface area (Å²) in [6, 6.07) is -0.539. The van der Waals surface area contributed by atoms with Crippen molar-refractivity contribution in [3.8, 4) is 0 Å². The van der Waals surface area contributed by atoms with Crippen molar-refractivity contribution in [2.45, 2.75) is 57.1 Å². The van der Waals surface area contributed by atoms with Gasteiger partial charge in [-0.05, 0) is 32.1 Å². The van der Waals surface area contributed by atoms with Gasteiger partial charge in [-0.25, -0.2) is 0 Å². The number of esters is 1. The van der Waals surface area contributed by atoms with Crippen molar-refractivity contribution in [3.05, 3.63) is 0 Å². The molecule has 0 aromatic carbocycles. The lowest BCUT2D eigenvalue weighted by Crippen LogP contribution is -2.35. The van der Waals surface area contributed by atoms with Crippen molar-refractivity contribution in [2.75, 3.05) is 13.7 Å². The van der Waals surface area contributed by atoms with Crippen LogP contribution in [-0.4, -0.2) is 31.8 Å². The first-order valence-corrected chi connectivity index (χ1v) is 6.19. The van der Waals surface area contributed by atoms with Crippen LogP contribution in [0.1, 0.15) is 44.9 Å². The highest BCUT2D eigenvalue weighted by molar-refractivity contribution is 5.75. The lowest BCUT2D eigenvalue weighted by atomic mass is 10.1. The molecule has 2 N–H and O–H groups in total. The fourth-order valence-corrected chi connectivity index (χ4v) is 1.97. The summed E-state index contributed by atoms with van der Waals surface area (Å²) in [5.74, 6) is -0.274. The lowest BCUT2D eigenvalue weighted by molar-refractivity contribution is -0.151. The van der Waals surface area contributed by atoms with Gasteiger partial charge in [0, 0.05) is 13.7 Å². The molecule has 4 heteroatoms. The summed E-state index contributed by atoms with van der Waals surface area (Å²) in [7, 11) is 1.60. The third kappa shape index (κ3) is 4.94. The molecule has 1 saturated carbocycles. The molecule has 0 heterocycles. The van der Waals surface area contributed by atoms with Gasteiger partial charge < -0.3 is 15.2 Å². The normalized spacial score (nSPS) is 20.1. The molecule has 0 bridgehead atoms. The summed E-state index contributed by atoms with van der Waals surface area (Å²) >= 11 is 0. The van der Waals surface area contributed by atoms with E-state index in [9.17, 15) is 4.79 Å². The molecule has 0 aromatic heterocycles. The molecule has 1 unspecified atom stereocenters. The summed E-state index contributed by atoms with van der Waals surface area (Å²) in [5, 5.41) is 0. The van der Waals surface area contributed by atoms with Gasteiger partial charge in [-0.2, -0.15) is 0 Å². The summed E-state index contributed by atoms with van der Waals surface area (Å²) in [6.07, 6.45) is 7.42. The van der Waals surface area contributed by atoms with E-state index >= 15 is 0 Å². The van der Waals surface area contributed by atoms with Crippen molar-refractivity contribution < 1.29 is 14.3 Å². The fourth-order valence-electron chi connectivity index (χ4n) is 1.97. The minimum atomic E-state index is -0.539. The molecule has 16 heavy (non-hydrogen) atoms. The van der Waals surface area contributed by atoms with Crippen LogP contribution in [0.15, 0.2) is 0 Å². The van der Waals surface area contributed by atoms with Crippen LogP contribution in [0.5, 0.6) is 0 Å². The first-order valence-electron chi connectivity index (χ1n) is 6.19. The zero-order valence-corrected chi connectivity index (χ0v) is 10.1. The van der Waals surface area contributed by atoms with E-state index in [0.717, 1.165) is 25.7 Å². The lowest BCUT2D eigenvalue weighted by Gasteiger charge is -2.18. The minimum absolute atomic E-state index is 0.0867. The second kappa shape index (κ2) is 7.63. The van der Waals surface area contributed by atoms with E-state index in [1.807, 2.05) is 0 Å². The van der Waals surface area contributed by atoms with Crippen LogP contribution in [0.4, 0.5) is 0 Å². The van der Waals surface area contributed by atoms with Crippen molar-refractivity contribution >= 4 is 5.97 Å². The zero-order chi connectivity index (χ0) is 11.8. The van der Waals surface area contributed by atoms with Crippen LogP contribution in [-0.2, 0) is 14.3 Å². The number of nitrogens with two attached hydrogens (primary N) is 1. The molecule has 1 rings (SSSR count). The van der Waals surface area contributed by atoms with Gasteiger partial charge in [0.1, 0.15) is 12.1 Å². The topological polar surface area (TPSA) is 61.5 Å². The predicted molar refractivity (Wildman–Crippen MR) is 62.1 cm³/mol. The van der Waals surface area contributed by atoms with E-state index in [1.54, 1.807) is 7.11 Å². The van der Waals surface area contributed by atoms with Gasteiger partial charge in [0.15, 0.2) is 0 Å². The molecule has 0 aliphatic heterocycles. The molecule has 4 nitrogen and oxygen atoms in total. The van der Waals surface area contributed by atoms with E-state index < -0.39 is 6.04 Å². The van der Waals surface area contributed by atoms with E-state index in [-0.39, 0.29) is 12.1 Å². The quantitative estimate of drug-likeness (QED) is 0.575. The van der Waals surface area contributed by atoms with Gasteiger partial charge in [-0.3, -0.25) is 4.79 Å². The summed E-state index contributed by atoms with van der Waals surface area (Å²) in [4.78, 5) is 11.6. The highest BCUT2D eigenvalue weighted by Gasteiger charge is 2.20. The molecular weight excluding hydrogens is 206 g/mol. The largest absolute Gasteiger partial charge is 0.461 e. The monoisotopic (exact) mass is 229 g/mol. The Hall–Kier alpha value is -0.610. The second-order valence-corrected chi connectivity index (χ2v) is 4.44. The Bertz CT molecular complexity index is 200. The van der Waals surface area contributed by atoms with Gasteiger partial charge in [0.25, 0.3) is 0 Å². The Labute approximate surface area is 97.5 Å². The smallest absolute Gasteiger partial charge is 0.323 e. The maximum absolute atomic E-state index is 11.6. The predicted octanol–water partition coefficient (Wildman–Crippen LogP) is 1.62. The third-order valence-electron chi connectivity index (χ3n) is 3.02. The molecular formula is C12H23NO3. The average molecular weight is 229 g/mol. The van der Waals surface area contributed by atoms with Crippen LogP contribution in [0.3, 0.4) is 0 Å². The van der Waals surface area contributed by atoms with Crippen molar-refractivity contribution in [1.29, 1.82) is 0 Å². The molecule has 1 aliphatic carbocycles. The molecule has 0 aromatic rings. The van der Waals surface area contributed by atoms with Gasteiger partial charge in [0.05, 0.1) is 0 Å². The first-order chi connectivity index (χ1) is 7.74. The van der Waals surface area contributed by atoms with Crippen LogP contribution in [0, 0.1) is 0 Å². The molecule has 0 spiro atoms. The molecule has 1 aliphatic rings. The Kier molecular flexibility index (Phi) is 6.42. The second-order valence-electron chi connectivity index (χ2n) is 4.44. The average Bonchev–Trinajstić information content (AvgIpc) is 2.54. The minimum Gasteiger partial charge on any atom is -0.461 e. The van der Waals surface area contributed by atoms with Crippen molar-refractivity contribution in [3.63, 3.8) is 0 Å². The summed E-state index contributed by atoms with van der Waals surface area (Å²) in [5.41, 5.74) is 5.70. The van der Waals surface area contributed by atoms with Crippen molar-refractivity contribution in [2.24, 2.45) is 5.73 Å².